The number of anilines is 1. The number of rotatable bonds is 3. The summed E-state index contributed by atoms with van der Waals surface area (Å²) in [6.07, 6.45) is 0. The second-order valence-corrected chi connectivity index (χ2v) is 5.13. The Morgan fingerprint density at radius 2 is 1.75 bits per heavy atom. The van der Waals surface area contributed by atoms with Crippen molar-refractivity contribution in [3.05, 3.63) is 64.2 Å². The first kappa shape index (κ1) is 14.3. The van der Waals surface area contributed by atoms with Crippen LogP contribution in [0.2, 0.25) is 0 Å². The minimum absolute atomic E-state index is 0.102. The van der Waals surface area contributed by atoms with E-state index in [1.807, 2.05) is 32.0 Å². The highest BCUT2D eigenvalue weighted by molar-refractivity contribution is 6.05. The molecule has 0 saturated carbocycles. The molecule has 0 heterocycles. The molecule has 0 fully saturated rings. The van der Waals surface area contributed by atoms with Crippen molar-refractivity contribution in [1.82, 2.24) is 0 Å². The summed E-state index contributed by atoms with van der Waals surface area (Å²) >= 11 is 0. The standard InChI is InChI=1S/C17H20N2O/c1-11-7-12(2)16(13(3)8-11)19-17(20)15-6-4-5-14(9-15)10-18/h4-9H,10,18H2,1-3H3,(H,19,20). The van der Waals surface area contributed by atoms with Crippen LogP contribution in [0.1, 0.15) is 32.6 Å². The van der Waals surface area contributed by atoms with Gasteiger partial charge >= 0.3 is 0 Å². The van der Waals surface area contributed by atoms with Crippen molar-refractivity contribution in [1.29, 1.82) is 0 Å². The summed E-state index contributed by atoms with van der Waals surface area (Å²) in [6.45, 7) is 6.50. The van der Waals surface area contributed by atoms with Crippen molar-refractivity contribution in [2.75, 3.05) is 5.32 Å². The lowest BCUT2D eigenvalue weighted by Crippen LogP contribution is -2.14. The number of carbonyl (C=O) groups is 1. The molecule has 20 heavy (non-hydrogen) atoms. The number of hydrogen-bond acceptors (Lipinski definition) is 2. The summed E-state index contributed by atoms with van der Waals surface area (Å²) in [7, 11) is 0. The van der Waals surface area contributed by atoms with E-state index in [1.54, 1.807) is 6.07 Å². The summed E-state index contributed by atoms with van der Waals surface area (Å²) < 4.78 is 0. The molecule has 0 aliphatic rings. The molecule has 0 atom stereocenters. The third kappa shape index (κ3) is 3.06. The Morgan fingerprint density at radius 3 is 2.35 bits per heavy atom. The van der Waals surface area contributed by atoms with Gasteiger partial charge in [-0.1, -0.05) is 29.8 Å². The van der Waals surface area contributed by atoms with Crippen LogP contribution in [0.5, 0.6) is 0 Å². The third-order valence-corrected chi connectivity index (χ3v) is 3.34. The molecule has 0 radical (unpaired) electrons. The molecule has 1 amide bonds. The summed E-state index contributed by atoms with van der Waals surface area (Å²) in [5, 5.41) is 2.99. The largest absolute Gasteiger partial charge is 0.326 e. The number of hydrogen-bond donors (Lipinski definition) is 2. The first-order valence-corrected chi connectivity index (χ1v) is 6.69. The van der Waals surface area contributed by atoms with E-state index < -0.39 is 0 Å². The lowest BCUT2D eigenvalue weighted by Gasteiger charge is -2.13. The molecule has 0 aromatic heterocycles. The van der Waals surface area contributed by atoms with Crippen molar-refractivity contribution in [2.24, 2.45) is 5.73 Å². The number of carbonyl (C=O) groups excluding carboxylic acids is 1. The molecular formula is C17H20N2O. The van der Waals surface area contributed by atoms with Crippen LogP contribution in [0.4, 0.5) is 5.69 Å². The molecule has 3 heteroatoms. The Bertz CT molecular complexity index is 624. The molecule has 0 saturated heterocycles. The maximum Gasteiger partial charge on any atom is 0.255 e. The van der Waals surface area contributed by atoms with Crippen molar-refractivity contribution in [2.45, 2.75) is 27.3 Å². The predicted octanol–water partition coefficient (Wildman–Crippen LogP) is 3.32. The Kier molecular flexibility index (Phi) is 4.20. The third-order valence-electron chi connectivity index (χ3n) is 3.34. The van der Waals surface area contributed by atoms with E-state index in [0.717, 1.165) is 22.4 Å². The van der Waals surface area contributed by atoms with Gasteiger partial charge in [0.2, 0.25) is 0 Å². The summed E-state index contributed by atoms with van der Waals surface area (Å²) in [5.74, 6) is -0.102. The van der Waals surface area contributed by atoms with Crippen molar-refractivity contribution in [3.63, 3.8) is 0 Å². The van der Waals surface area contributed by atoms with Gasteiger partial charge in [0.1, 0.15) is 0 Å². The minimum atomic E-state index is -0.102. The number of nitrogens with two attached hydrogens (primary N) is 1. The lowest BCUT2D eigenvalue weighted by atomic mass is 10.0. The Hall–Kier alpha value is -2.13. The van der Waals surface area contributed by atoms with Gasteiger partial charge in [-0.05, 0) is 49.6 Å². The van der Waals surface area contributed by atoms with Gasteiger partial charge in [-0.3, -0.25) is 4.79 Å². The van der Waals surface area contributed by atoms with Gasteiger partial charge in [0.25, 0.3) is 5.91 Å². The van der Waals surface area contributed by atoms with Gasteiger partial charge in [-0.15, -0.1) is 0 Å². The van der Waals surface area contributed by atoms with Crippen LogP contribution in [0.3, 0.4) is 0 Å². The molecule has 3 N–H and O–H groups in total. The van der Waals surface area contributed by atoms with Gasteiger partial charge < -0.3 is 11.1 Å². The number of amides is 1. The van der Waals surface area contributed by atoms with Crippen LogP contribution in [-0.2, 0) is 6.54 Å². The van der Waals surface area contributed by atoms with Crippen molar-refractivity contribution >= 4 is 11.6 Å². The summed E-state index contributed by atoms with van der Waals surface area (Å²) in [6, 6.07) is 11.5. The fraction of sp³-hybridized carbons (Fsp3) is 0.235. The fourth-order valence-corrected chi connectivity index (χ4v) is 2.40. The molecular weight excluding hydrogens is 248 g/mol. The van der Waals surface area contributed by atoms with Gasteiger partial charge in [0, 0.05) is 17.8 Å². The maximum absolute atomic E-state index is 12.3. The van der Waals surface area contributed by atoms with Gasteiger partial charge in [-0.2, -0.15) is 0 Å². The molecule has 0 spiro atoms. The van der Waals surface area contributed by atoms with E-state index in [-0.39, 0.29) is 5.91 Å². The van der Waals surface area contributed by atoms with Crippen LogP contribution in [0.15, 0.2) is 36.4 Å². The van der Waals surface area contributed by atoms with E-state index >= 15 is 0 Å². The highest BCUT2D eigenvalue weighted by Gasteiger charge is 2.10. The Labute approximate surface area is 119 Å². The molecule has 2 rings (SSSR count). The molecule has 2 aromatic rings. The molecule has 0 aliphatic heterocycles. The minimum Gasteiger partial charge on any atom is -0.326 e. The monoisotopic (exact) mass is 268 g/mol. The van der Waals surface area contributed by atoms with Crippen molar-refractivity contribution < 1.29 is 4.79 Å². The fourth-order valence-electron chi connectivity index (χ4n) is 2.40. The van der Waals surface area contributed by atoms with Crippen LogP contribution >= 0.6 is 0 Å². The predicted molar refractivity (Wildman–Crippen MR) is 82.9 cm³/mol. The Morgan fingerprint density at radius 1 is 1.10 bits per heavy atom. The highest BCUT2D eigenvalue weighted by Crippen LogP contribution is 2.22. The zero-order valence-electron chi connectivity index (χ0n) is 12.2. The smallest absolute Gasteiger partial charge is 0.255 e. The zero-order valence-corrected chi connectivity index (χ0v) is 12.2. The van der Waals surface area contributed by atoms with Gasteiger partial charge in [-0.25, -0.2) is 0 Å². The number of nitrogens with one attached hydrogen (secondary N) is 1. The summed E-state index contributed by atoms with van der Waals surface area (Å²) in [4.78, 5) is 12.3. The molecule has 0 aliphatic carbocycles. The maximum atomic E-state index is 12.3. The van der Waals surface area contributed by atoms with Crippen LogP contribution in [0.25, 0.3) is 0 Å². The average Bonchev–Trinajstić information content (AvgIpc) is 2.42. The van der Waals surface area contributed by atoms with E-state index in [1.165, 1.54) is 5.56 Å². The second kappa shape index (κ2) is 5.88. The van der Waals surface area contributed by atoms with E-state index in [9.17, 15) is 4.79 Å². The van der Waals surface area contributed by atoms with Gasteiger partial charge in [0.05, 0.1) is 0 Å². The van der Waals surface area contributed by atoms with E-state index in [0.29, 0.717) is 12.1 Å². The molecule has 104 valence electrons. The second-order valence-electron chi connectivity index (χ2n) is 5.13. The number of benzene rings is 2. The van der Waals surface area contributed by atoms with Gasteiger partial charge in [0.15, 0.2) is 0 Å². The average molecular weight is 268 g/mol. The quantitative estimate of drug-likeness (QED) is 0.897. The lowest BCUT2D eigenvalue weighted by molar-refractivity contribution is 0.102. The van der Waals surface area contributed by atoms with Crippen LogP contribution in [0, 0.1) is 20.8 Å². The Balaban J connectivity index is 2.28. The van der Waals surface area contributed by atoms with Crippen LogP contribution in [-0.4, -0.2) is 5.91 Å². The highest BCUT2D eigenvalue weighted by atomic mass is 16.1. The van der Waals surface area contributed by atoms with E-state index in [4.69, 9.17) is 5.73 Å². The SMILES string of the molecule is Cc1cc(C)c(NC(=O)c2cccc(CN)c2)c(C)c1. The normalized spacial score (nSPS) is 10.4. The first-order chi connectivity index (χ1) is 9.51. The molecule has 0 bridgehead atoms. The topological polar surface area (TPSA) is 55.1 Å². The first-order valence-electron chi connectivity index (χ1n) is 6.69. The zero-order chi connectivity index (χ0) is 14.7. The molecule has 0 unspecified atom stereocenters. The van der Waals surface area contributed by atoms with Crippen molar-refractivity contribution in [3.8, 4) is 0 Å². The number of aryl methyl sites for hydroxylation is 3. The molecule has 2 aromatic carbocycles. The van der Waals surface area contributed by atoms with Crippen LogP contribution < -0.4 is 11.1 Å². The molecule has 3 nitrogen and oxygen atoms in total. The summed E-state index contributed by atoms with van der Waals surface area (Å²) in [5.41, 5.74) is 11.4. The van der Waals surface area contributed by atoms with E-state index in [2.05, 4.69) is 24.4 Å².